The quantitative estimate of drug-likeness (QED) is 0.331. The Hall–Kier alpha value is -2.71. The zero-order valence-electron chi connectivity index (χ0n) is 19.4. The highest BCUT2D eigenvalue weighted by Crippen LogP contribution is 2.49. The lowest BCUT2D eigenvalue weighted by molar-refractivity contribution is -0.269. The predicted octanol–water partition coefficient (Wildman–Crippen LogP) is 5.72. The fourth-order valence-electron chi connectivity index (χ4n) is 3.94. The topological polar surface area (TPSA) is 79.9 Å². The molecule has 0 bridgehead atoms. The normalized spacial score (nSPS) is 21.7. The number of hydrogen-bond acceptors (Lipinski definition) is 5. The van der Waals surface area contributed by atoms with E-state index in [0.717, 1.165) is 18.2 Å². The lowest BCUT2D eigenvalue weighted by atomic mass is 9.91. The van der Waals surface area contributed by atoms with Crippen LogP contribution in [-0.2, 0) is 20.1 Å². The SMILES string of the molecule is Cc1cc(C2=CC(c3cc(Cl)c(Cl)c(Cl)c3)(C(F)(F)F)ON2)ccc1C(=O)NC1CON(CC(F)(F)F)C1=O. The van der Waals surface area contributed by atoms with Crippen LogP contribution < -0.4 is 10.8 Å². The molecule has 0 spiro atoms. The highest BCUT2D eigenvalue weighted by Gasteiger charge is 2.60. The lowest BCUT2D eigenvalue weighted by Gasteiger charge is -2.29. The fraction of sp³-hybridized carbons (Fsp3) is 0.304. The number of carbonyl (C=O) groups is 2. The number of hydroxylamine groups is 3. The van der Waals surface area contributed by atoms with Gasteiger partial charge in [0.15, 0.2) is 0 Å². The van der Waals surface area contributed by atoms with Crippen molar-refractivity contribution >= 4 is 52.3 Å². The van der Waals surface area contributed by atoms with Crippen LogP contribution in [0.2, 0.25) is 15.1 Å². The molecule has 210 valence electrons. The van der Waals surface area contributed by atoms with E-state index in [1.165, 1.54) is 25.1 Å². The van der Waals surface area contributed by atoms with E-state index in [9.17, 15) is 35.9 Å². The van der Waals surface area contributed by atoms with Crippen molar-refractivity contribution in [2.45, 2.75) is 30.9 Å². The second-order valence-corrected chi connectivity index (χ2v) is 9.78. The Morgan fingerprint density at radius 1 is 1.13 bits per heavy atom. The van der Waals surface area contributed by atoms with Gasteiger partial charge in [-0.05, 0) is 48.4 Å². The molecule has 2 N–H and O–H groups in total. The van der Waals surface area contributed by atoms with Crippen molar-refractivity contribution < 1.29 is 45.6 Å². The Morgan fingerprint density at radius 3 is 2.33 bits per heavy atom. The Labute approximate surface area is 231 Å². The average molecular weight is 619 g/mol. The van der Waals surface area contributed by atoms with Gasteiger partial charge in [-0.2, -0.15) is 26.3 Å². The van der Waals surface area contributed by atoms with Crippen LogP contribution in [0.25, 0.3) is 5.70 Å². The lowest BCUT2D eigenvalue weighted by Crippen LogP contribution is -2.44. The molecule has 39 heavy (non-hydrogen) atoms. The standard InChI is InChI=1S/C23H16Cl3F6N3O4/c1-10-4-11(2-3-13(10)19(36)33-17-8-38-35(20(17)37)9-22(27,28)29)16-7-21(39-34-16,23(30,31)32)12-5-14(24)18(26)15(25)6-12/h2-7,17,34H,8-9H2,1H3,(H,33,36). The van der Waals surface area contributed by atoms with Gasteiger partial charge in [-0.15, -0.1) is 0 Å². The van der Waals surface area contributed by atoms with E-state index in [1.807, 2.05) is 0 Å². The van der Waals surface area contributed by atoms with Gasteiger partial charge < -0.3 is 5.32 Å². The molecule has 4 rings (SSSR count). The number of amides is 2. The third-order valence-corrected chi connectivity index (χ3v) is 7.05. The summed E-state index contributed by atoms with van der Waals surface area (Å²) in [7, 11) is 0. The number of alkyl halides is 6. The van der Waals surface area contributed by atoms with Crippen molar-refractivity contribution in [3.05, 3.63) is 73.7 Å². The van der Waals surface area contributed by atoms with Gasteiger partial charge in [0, 0.05) is 11.1 Å². The number of hydrogen-bond donors (Lipinski definition) is 2. The van der Waals surface area contributed by atoms with Crippen LogP contribution in [0.1, 0.15) is 27.0 Å². The van der Waals surface area contributed by atoms with Gasteiger partial charge >= 0.3 is 12.4 Å². The number of rotatable bonds is 5. The average Bonchev–Trinajstić information content (AvgIpc) is 3.42. The van der Waals surface area contributed by atoms with Gasteiger partial charge in [-0.1, -0.05) is 40.9 Å². The number of nitrogens with one attached hydrogen (secondary N) is 2. The number of aryl methyl sites for hydroxylation is 1. The highest BCUT2D eigenvalue weighted by molar-refractivity contribution is 6.48. The number of nitrogens with zero attached hydrogens (tertiary/aromatic N) is 1. The summed E-state index contributed by atoms with van der Waals surface area (Å²) >= 11 is 17.7. The van der Waals surface area contributed by atoms with Crippen LogP contribution in [0.4, 0.5) is 26.3 Å². The molecule has 1 saturated heterocycles. The van der Waals surface area contributed by atoms with E-state index in [2.05, 4.69) is 10.8 Å². The van der Waals surface area contributed by atoms with Crippen molar-refractivity contribution in [2.24, 2.45) is 0 Å². The molecular weight excluding hydrogens is 603 g/mol. The van der Waals surface area contributed by atoms with Crippen LogP contribution in [-0.4, -0.2) is 48.4 Å². The van der Waals surface area contributed by atoms with Gasteiger partial charge in [0.05, 0.1) is 20.8 Å². The maximum atomic E-state index is 14.3. The maximum Gasteiger partial charge on any atom is 0.428 e. The Morgan fingerprint density at radius 2 is 1.77 bits per heavy atom. The summed E-state index contributed by atoms with van der Waals surface area (Å²) in [5, 5.41) is 1.86. The molecule has 2 atom stereocenters. The summed E-state index contributed by atoms with van der Waals surface area (Å²) in [4.78, 5) is 34.6. The second kappa shape index (κ2) is 10.4. The van der Waals surface area contributed by atoms with Crippen LogP contribution in [0.3, 0.4) is 0 Å². The molecule has 2 amide bonds. The molecule has 1 fully saturated rings. The van der Waals surface area contributed by atoms with E-state index < -0.39 is 54.5 Å². The van der Waals surface area contributed by atoms with E-state index in [1.54, 1.807) is 0 Å². The van der Waals surface area contributed by atoms with Crippen LogP contribution in [0.15, 0.2) is 36.4 Å². The third-order valence-electron chi connectivity index (χ3n) is 5.85. The molecule has 0 saturated carbocycles. The summed E-state index contributed by atoms with van der Waals surface area (Å²) in [5.41, 5.74) is -0.738. The first-order valence-corrected chi connectivity index (χ1v) is 12.0. The minimum atomic E-state index is -4.97. The van der Waals surface area contributed by atoms with Crippen molar-refractivity contribution in [3.8, 4) is 0 Å². The molecule has 0 aromatic heterocycles. The summed E-state index contributed by atoms with van der Waals surface area (Å²) in [6.07, 6.45) is -8.88. The Kier molecular flexibility index (Phi) is 7.78. The number of benzene rings is 2. The molecule has 2 aliphatic rings. The van der Waals surface area contributed by atoms with E-state index in [4.69, 9.17) is 44.5 Å². The van der Waals surface area contributed by atoms with Gasteiger partial charge in [-0.3, -0.25) is 24.7 Å². The fourth-order valence-corrected chi connectivity index (χ4v) is 4.54. The number of carbonyl (C=O) groups excluding carboxylic acids is 2. The smallest absolute Gasteiger partial charge is 0.338 e. The van der Waals surface area contributed by atoms with Crippen molar-refractivity contribution in [1.82, 2.24) is 15.9 Å². The molecular formula is C23H16Cl3F6N3O4. The molecule has 0 aliphatic carbocycles. The molecule has 2 aromatic rings. The minimum Gasteiger partial charge on any atom is -0.338 e. The van der Waals surface area contributed by atoms with Crippen molar-refractivity contribution in [1.29, 1.82) is 0 Å². The molecule has 2 aromatic carbocycles. The second-order valence-electron chi connectivity index (χ2n) is 8.59. The minimum absolute atomic E-state index is 0.0266. The Balaban J connectivity index is 1.57. The maximum absolute atomic E-state index is 14.3. The van der Waals surface area contributed by atoms with E-state index in [-0.39, 0.29) is 42.5 Å². The molecule has 2 unspecified atom stereocenters. The summed E-state index contributed by atoms with van der Waals surface area (Å²) < 4.78 is 80.5. The van der Waals surface area contributed by atoms with E-state index in [0.29, 0.717) is 0 Å². The van der Waals surface area contributed by atoms with Gasteiger partial charge in [-0.25, -0.2) is 5.06 Å². The van der Waals surface area contributed by atoms with Crippen molar-refractivity contribution in [3.63, 3.8) is 0 Å². The zero-order valence-corrected chi connectivity index (χ0v) is 21.7. The summed E-state index contributed by atoms with van der Waals surface area (Å²) in [6, 6.07) is 4.59. The van der Waals surface area contributed by atoms with Crippen molar-refractivity contribution in [2.75, 3.05) is 13.2 Å². The number of halogens is 9. The van der Waals surface area contributed by atoms with Crippen LogP contribution >= 0.6 is 34.8 Å². The first kappa shape index (κ1) is 29.3. The van der Waals surface area contributed by atoms with E-state index >= 15 is 0 Å². The summed E-state index contributed by atoms with van der Waals surface area (Å²) in [5.74, 6) is -1.87. The molecule has 7 nitrogen and oxygen atoms in total. The van der Waals surface area contributed by atoms with Crippen LogP contribution in [0, 0.1) is 6.92 Å². The molecule has 2 aliphatic heterocycles. The zero-order chi connectivity index (χ0) is 28.9. The Bertz CT molecular complexity index is 1340. The molecule has 16 heteroatoms. The molecule has 2 heterocycles. The van der Waals surface area contributed by atoms with Gasteiger partial charge in [0.1, 0.15) is 19.2 Å². The molecule has 0 radical (unpaired) electrons. The first-order valence-electron chi connectivity index (χ1n) is 10.8. The van der Waals surface area contributed by atoms with Gasteiger partial charge in [0.25, 0.3) is 11.8 Å². The highest BCUT2D eigenvalue weighted by atomic mass is 35.5. The van der Waals surface area contributed by atoms with Gasteiger partial charge in [0.2, 0.25) is 5.60 Å². The summed E-state index contributed by atoms with van der Waals surface area (Å²) in [6.45, 7) is -0.651. The first-order chi connectivity index (χ1) is 18.0. The third kappa shape index (κ3) is 5.78. The predicted molar refractivity (Wildman–Crippen MR) is 128 cm³/mol. The monoisotopic (exact) mass is 617 g/mol. The van der Waals surface area contributed by atoms with Crippen LogP contribution in [0.5, 0.6) is 0 Å². The largest absolute Gasteiger partial charge is 0.428 e.